The van der Waals surface area contributed by atoms with Crippen LogP contribution in [0.15, 0.2) is 48.5 Å². The summed E-state index contributed by atoms with van der Waals surface area (Å²) in [6.45, 7) is 5.67. The number of fused-ring (bicyclic) bond motifs is 3. The molecule has 4 rings (SSSR count). The van der Waals surface area contributed by atoms with Gasteiger partial charge < -0.3 is 23.5 Å². The van der Waals surface area contributed by atoms with E-state index in [0.29, 0.717) is 12.4 Å². The smallest absolute Gasteiger partial charge is 0.338 e. The fourth-order valence-corrected chi connectivity index (χ4v) is 4.81. The molecule has 0 spiro atoms. The van der Waals surface area contributed by atoms with Gasteiger partial charge in [-0.15, -0.1) is 0 Å². The lowest BCUT2D eigenvalue weighted by Gasteiger charge is -2.11. The van der Waals surface area contributed by atoms with E-state index in [1.807, 2.05) is 6.07 Å². The maximum Gasteiger partial charge on any atom is 0.338 e. The van der Waals surface area contributed by atoms with Crippen molar-refractivity contribution in [1.29, 1.82) is 0 Å². The lowest BCUT2D eigenvalue weighted by Crippen LogP contribution is -2.08. The first-order valence-electron chi connectivity index (χ1n) is 12.4. The number of nitrogens with zero attached hydrogens (tertiary/aromatic N) is 1. The van der Waals surface area contributed by atoms with E-state index in [0.717, 1.165) is 31.6 Å². The number of carbonyl (C=O) groups excluding carboxylic acids is 2. The van der Waals surface area contributed by atoms with Crippen molar-refractivity contribution in [1.82, 2.24) is 4.57 Å². The maximum absolute atomic E-state index is 12.0. The number of methoxy groups -OCH3 is 3. The standard InChI is InChI=1S/C30H33NO6/c1-19-9-10-20(2)28-27(19)25-18-23(34-3)11-12-26(25)31(28)13-7-6-8-14-37-24-16-21(29(32)35-4)15-22(17-24)30(33)36-5/h9-12,15-18H,6-8,13-14H2,1-5H3. The van der Waals surface area contributed by atoms with Crippen LogP contribution in [0, 0.1) is 13.8 Å². The second-order valence-electron chi connectivity index (χ2n) is 9.10. The summed E-state index contributed by atoms with van der Waals surface area (Å²) in [4.78, 5) is 24.0. The third kappa shape index (κ3) is 5.40. The van der Waals surface area contributed by atoms with E-state index in [2.05, 4.69) is 42.7 Å². The number of carbonyl (C=O) groups is 2. The van der Waals surface area contributed by atoms with E-state index in [1.54, 1.807) is 19.2 Å². The van der Waals surface area contributed by atoms with Crippen LogP contribution < -0.4 is 9.47 Å². The van der Waals surface area contributed by atoms with Gasteiger partial charge in [0.15, 0.2) is 0 Å². The third-order valence-electron chi connectivity index (χ3n) is 6.67. The number of rotatable bonds is 10. The number of hydrogen-bond donors (Lipinski definition) is 0. The van der Waals surface area contributed by atoms with Gasteiger partial charge in [0.25, 0.3) is 0 Å². The molecule has 7 nitrogen and oxygen atoms in total. The zero-order valence-electron chi connectivity index (χ0n) is 22.1. The highest BCUT2D eigenvalue weighted by molar-refractivity contribution is 6.11. The van der Waals surface area contributed by atoms with Crippen LogP contribution in [0.2, 0.25) is 0 Å². The summed E-state index contributed by atoms with van der Waals surface area (Å²) in [5, 5.41) is 2.50. The van der Waals surface area contributed by atoms with E-state index < -0.39 is 11.9 Å². The fourth-order valence-electron chi connectivity index (χ4n) is 4.81. The van der Waals surface area contributed by atoms with E-state index in [4.69, 9.17) is 18.9 Å². The Balaban J connectivity index is 1.44. The molecule has 0 atom stereocenters. The lowest BCUT2D eigenvalue weighted by molar-refractivity contribution is 0.0598. The number of benzene rings is 3. The minimum atomic E-state index is -0.537. The molecule has 0 N–H and O–H groups in total. The summed E-state index contributed by atoms with van der Waals surface area (Å²) in [7, 11) is 4.29. The van der Waals surface area contributed by atoms with Gasteiger partial charge in [-0.25, -0.2) is 9.59 Å². The minimum absolute atomic E-state index is 0.244. The predicted octanol–water partition coefficient (Wildman–Crippen LogP) is 6.24. The van der Waals surface area contributed by atoms with Crippen molar-refractivity contribution in [3.63, 3.8) is 0 Å². The summed E-state index contributed by atoms with van der Waals surface area (Å²) < 4.78 is 23.4. The summed E-state index contributed by atoms with van der Waals surface area (Å²) in [5.74, 6) is 0.219. The highest BCUT2D eigenvalue weighted by Crippen LogP contribution is 2.35. The van der Waals surface area contributed by atoms with Gasteiger partial charge in [0.1, 0.15) is 11.5 Å². The second kappa shape index (κ2) is 11.4. The van der Waals surface area contributed by atoms with Gasteiger partial charge in [0.2, 0.25) is 0 Å². The van der Waals surface area contributed by atoms with Crippen LogP contribution in [-0.4, -0.2) is 44.4 Å². The molecule has 4 aromatic rings. The van der Waals surface area contributed by atoms with Crippen LogP contribution in [-0.2, 0) is 16.0 Å². The van der Waals surface area contributed by atoms with Gasteiger partial charge in [-0.2, -0.15) is 0 Å². The molecule has 0 unspecified atom stereocenters. The molecule has 1 heterocycles. The molecule has 0 bridgehead atoms. The third-order valence-corrected chi connectivity index (χ3v) is 6.67. The summed E-state index contributed by atoms with van der Waals surface area (Å²) in [6, 6.07) is 15.2. The Hall–Kier alpha value is -4.00. The molecule has 0 saturated heterocycles. The first-order chi connectivity index (χ1) is 17.9. The van der Waals surface area contributed by atoms with Crippen molar-refractivity contribution in [2.45, 2.75) is 39.7 Å². The Morgan fingerprint density at radius 1 is 0.757 bits per heavy atom. The Morgan fingerprint density at radius 3 is 2.08 bits per heavy atom. The number of unbranched alkanes of at least 4 members (excludes halogenated alkanes) is 2. The SMILES string of the molecule is COC(=O)c1cc(OCCCCCn2c3ccc(OC)cc3c3c(C)ccc(C)c32)cc(C(=O)OC)c1. The van der Waals surface area contributed by atoms with Crippen LogP contribution in [0.1, 0.15) is 51.1 Å². The van der Waals surface area contributed by atoms with E-state index in [9.17, 15) is 9.59 Å². The van der Waals surface area contributed by atoms with Gasteiger partial charge in [-0.3, -0.25) is 0 Å². The van der Waals surface area contributed by atoms with Crippen molar-refractivity contribution in [3.05, 3.63) is 70.8 Å². The predicted molar refractivity (Wildman–Crippen MR) is 144 cm³/mol. The topological polar surface area (TPSA) is 76.0 Å². The van der Waals surface area contributed by atoms with E-state index >= 15 is 0 Å². The zero-order chi connectivity index (χ0) is 26.5. The average Bonchev–Trinajstić information content (AvgIpc) is 3.26. The summed E-state index contributed by atoms with van der Waals surface area (Å²) in [6.07, 6.45) is 2.78. The Labute approximate surface area is 216 Å². The monoisotopic (exact) mass is 503 g/mol. The number of aromatic nitrogens is 1. The zero-order valence-corrected chi connectivity index (χ0v) is 22.1. The van der Waals surface area contributed by atoms with Crippen molar-refractivity contribution in [2.24, 2.45) is 0 Å². The van der Waals surface area contributed by atoms with E-state index in [1.165, 1.54) is 53.2 Å². The Bertz CT molecular complexity index is 1420. The van der Waals surface area contributed by atoms with Gasteiger partial charge in [0, 0.05) is 22.8 Å². The van der Waals surface area contributed by atoms with Crippen LogP contribution in [0.4, 0.5) is 0 Å². The molecule has 0 amide bonds. The van der Waals surface area contributed by atoms with Crippen molar-refractivity contribution < 1.29 is 28.5 Å². The van der Waals surface area contributed by atoms with Crippen molar-refractivity contribution >= 4 is 33.7 Å². The van der Waals surface area contributed by atoms with Crippen molar-refractivity contribution in [3.8, 4) is 11.5 Å². The van der Waals surface area contributed by atoms with Crippen molar-refractivity contribution in [2.75, 3.05) is 27.9 Å². The molecule has 0 aliphatic heterocycles. The highest BCUT2D eigenvalue weighted by Gasteiger charge is 2.16. The second-order valence-corrected chi connectivity index (χ2v) is 9.10. The summed E-state index contributed by atoms with van der Waals surface area (Å²) >= 11 is 0. The fraction of sp³-hybridized carbons (Fsp3) is 0.333. The first-order valence-corrected chi connectivity index (χ1v) is 12.4. The average molecular weight is 504 g/mol. The molecule has 1 aromatic heterocycles. The molecule has 7 heteroatoms. The molecular formula is C30H33NO6. The summed E-state index contributed by atoms with van der Waals surface area (Å²) in [5.41, 5.74) is 5.48. The van der Waals surface area contributed by atoms with Crippen LogP contribution in [0.25, 0.3) is 21.8 Å². The first kappa shape index (κ1) is 26.1. The quantitative estimate of drug-likeness (QED) is 0.188. The van der Waals surface area contributed by atoms with Crippen LogP contribution in [0.5, 0.6) is 11.5 Å². The molecule has 3 aromatic carbocycles. The minimum Gasteiger partial charge on any atom is -0.497 e. The molecule has 0 saturated carbocycles. The van der Waals surface area contributed by atoms with Gasteiger partial charge in [0.05, 0.1) is 44.6 Å². The van der Waals surface area contributed by atoms with Gasteiger partial charge in [-0.1, -0.05) is 12.1 Å². The van der Waals surface area contributed by atoms with E-state index in [-0.39, 0.29) is 11.1 Å². The molecule has 194 valence electrons. The number of hydrogen-bond acceptors (Lipinski definition) is 6. The van der Waals surface area contributed by atoms with Crippen LogP contribution >= 0.6 is 0 Å². The molecule has 0 aliphatic rings. The maximum atomic E-state index is 12.0. The Kier molecular flexibility index (Phi) is 8.01. The van der Waals surface area contributed by atoms with Gasteiger partial charge >= 0.3 is 11.9 Å². The Morgan fingerprint density at radius 2 is 1.43 bits per heavy atom. The normalized spacial score (nSPS) is 11.1. The molecular weight excluding hydrogens is 470 g/mol. The molecule has 0 radical (unpaired) electrons. The van der Waals surface area contributed by atoms with Gasteiger partial charge in [-0.05, 0) is 80.6 Å². The number of aryl methyl sites for hydroxylation is 3. The van der Waals surface area contributed by atoms with Crippen LogP contribution in [0.3, 0.4) is 0 Å². The largest absolute Gasteiger partial charge is 0.497 e. The highest BCUT2D eigenvalue weighted by atomic mass is 16.5. The lowest BCUT2D eigenvalue weighted by atomic mass is 10.0. The molecule has 37 heavy (non-hydrogen) atoms. The molecule has 0 fully saturated rings. The number of ether oxygens (including phenoxy) is 4. The number of esters is 2. The molecule has 0 aliphatic carbocycles.